The maximum absolute atomic E-state index is 12.8. The maximum Gasteiger partial charge on any atom is 0.274 e. The Bertz CT molecular complexity index is 856. The van der Waals surface area contributed by atoms with Crippen molar-refractivity contribution in [2.24, 2.45) is 7.05 Å². The van der Waals surface area contributed by atoms with Crippen molar-refractivity contribution in [3.05, 3.63) is 58.5 Å². The van der Waals surface area contributed by atoms with Gasteiger partial charge in [-0.3, -0.25) is 14.4 Å². The van der Waals surface area contributed by atoms with Crippen molar-refractivity contribution in [1.82, 2.24) is 9.47 Å². The molecule has 28 heavy (non-hydrogen) atoms. The molecule has 2 amide bonds. The van der Waals surface area contributed by atoms with Crippen molar-refractivity contribution >= 4 is 17.5 Å². The lowest BCUT2D eigenvalue weighted by Crippen LogP contribution is -2.34. The van der Waals surface area contributed by atoms with Gasteiger partial charge in [0.25, 0.3) is 17.4 Å². The van der Waals surface area contributed by atoms with Gasteiger partial charge in [0.15, 0.2) is 6.61 Å². The minimum absolute atomic E-state index is 0.0583. The van der Waals surface area contributed by atoms with Crippen LogP contribution < -0.4 is 15.6 Å². The van der Waals surface area contributed by atoms with E-state index >= 15 is 0 Å². The number of carbonyl (C=O) groups excluding carboxylic acids is 2. The molecule has 0 bridgehead atoms. The Morgan fingerprint density at radius 2 is 1.75 bits per heavy atom. The molecular formula is C21H27N3O4. The number of amides is 2. The molecule has 0 saturated carbocycles. The van der Waals surface area contributed by atoms with E-state index in [1.165, 1.54) is 16.8 Å². The number of ether oxygens (including phenoxy) is 1. The molecule has 0 radical (unpaired) electrons. The van der Waals surface area contributed by atoms with Crippen LogP contribution in [0.4, 0.5) is 5.69 Å². The van der Waals surface area contributed by atoms with Gasteiger partial charge < -0.3 is 19.5 Å². The Hall–Kier alpha value is -3.09. The summed E-state index contributed by atoms with van der Waals surface area (Å²) < 4.78 is 6.70. The van der Waals surface area contributed by atoms with Gasteiger partial charge in [-0.25, -0.2) is 0 Å². The number of rotatable bonds is 9. The fourth-order valence-electron chi connectivity index (χ4n) is 2.81. The highest BCUT2D eigenvalue weighted by molar-refractivity contribution is 5.97. The lowest BCUT2D eigenvalue weighted by atomic mass is 10.2. The van der Waals surface area contributed by atoms with Gasteiger partial charge in [-0.15, -0.1) is 0 Å². The Labute approximate surface area is 164 Å². The molecular weight excluding hydrogens is 358 g/mol. The van der Waals surface area contributed by atoms with Crippen molar-refractivity contribution in [3.8, 4) is 5.75 Å². The topological polar surface area (TPSA) is 80.6 Å². The number of para-hydroxylation sites is 1. The minimum atomic E-state index is -0.468. The van der Waals surface area contributed by atoms with E-state index in [1.807, 2.05) is 19.9 Å². The zero-order valence-corrected chi connectivity index (χ0v) is 16.6. The molecule has 7 nitrogen and oxygen atoms in total. The van der Waals surface area contributed by atoms with Gasteiger partial charge in [0, 0.05) is 26.3 Å². The summed E-state index contributed by atoms with van der Waals surface area (Å²) in [7, 11) is 1.55. The molecule has 1 aromatic heterocycles. The second kappa shape index (κ2) is 10.3. The first-order valence-electron chi connectivity index (χ1n) is 9.43. The van der Waals surface area contributed by atoms with Crippen LogP contribution in [0, 0.1) is 0 Å². The third-order valence-corrected chi connectivity index (χ3v) is 4.09. The van der Waals surface area contributed by atoms with Crippen LogP contribution in [0.3, 0.4) is 0 Å². The molecule has 2 aromatic rings. The molecule has 2 rings (SSSR count). The third-order valence-electron chi connectivity index (χ3n) is 4.09. The van der Waals surface area contributed by atoms with E-state index in [0.29, 0.717) is 24.4 Å². The monoisotopic (exact) mass is 385 g/mol. The number of nitrogens with one attached hydrogen (secondary N) is 1. The van der Waals surface area contributed by atoms with Crippen LogP contribution in [0.5, 0.6) is 5.75 Å². The molecule has 1 heterocycles. The van der Waals surface area contributed by atoms with E-state index in [2.05, 4.69) is 5.32 Å². The predicted molar refractivity (Wildman–Crippen MR) is 109 cm³/mol. The van der Waals surface area contributed by atoms with Crippen LogP contribution in [0.15, 0.2) is 47.4 Å². The molecule has 0 fully saturated rings. The number of hydrogen-bond donors (Lipinski definition) is 1. The Kier molecular flexibility index (Phi) is 7.80. The quantitative estimate of drug-likeness (QED) is 0.720. The number of aromatic nitrogens is 1. The van der Waals surface area contributed by atoms with E-state index in [4.69, 9.17) is 4.74 Å². The van der Waals surface area contributed by atoms with Crippen LogP contribution in [-0.4, -0.2) is 41.0 Å². The highest BCUT2D eigenvalue weighted by Gasteiger charge is 2.18. The zero-order valence-electron chi connectivity index (χ0n) is 16.6. The van der Waals surface area contributed by atoms with E-state index < -0.39 is 5.91 Å². The van der Waals surface area contributed by atoms with Crippen LogP contribution in [0.25, 0.3) is 0 Å². The summed E-state index contributed by atoms with van der Waals surface area (Å²) in [4.78, 5) is 39.1. The third kappa shape index (κ3) is 5.70. The number of pyridine rings is 1. The van der Waals surface area contributed by atoms with Gasteiger partial charge >= 0.3 is 0 Å². The number of aryl methyl sites for hydroxylation is 1. The van der Waals surface area contributed by atoms with Gasteiger partial charge in [-0.2, -0.15) is 0 Å². The molecule has 0 spiro atoms. The average Bonchev–Trinajstić information content (AvgIpc) is 2.69. The summed E-state index contributed by atoms with van der Waals surface area (Å²) >= 11 is 0. The average molecular weight is 385 g/mol. The van der Waals surface area contributed by atoms with Crippen LogP contribution in [0.1, 0.15) is 37.0 Å². The molecule has 0 unspecified atom stereocenters. The molecule has 1 aromatic carbocycles. The van der Waals surface area contributed by atoms with Gasteiger partial charge in [-0.1, -0.05) is 32.0 Å². The highest BCUT2D eigenvalue weighted by atomic mass is 16.5. The van der Waals surface area contributed by atoms with Crippen LogP contribution >= 0.6 is 0 Å². The first kappa shape index (κ1) is 21.2. The number of anilines is 1. The van der Waals surface area contributed by atoms with E-state index in [1.54, 1.807) is 36.2 Å². The van der Waals surface area contributed by atoms with Gasteiger partial charge in [0.05, 0.1) is 5.56 Å². The second-order valence-electron chi connectivity index (χ2n) is 6.50. The fourth-order valence-corrected chi connectivity index (χ4v) is 2.81. The van der Waals surface area contributed by atoms with Gasteiger partial charge in [-0.05, 0) is 31.0 Å². The van der Waals surface area contributed by atoms with E-state index in [0.717, 1.165) is 12.8 Å². The van der Waals surface area contributed by atoms with Gasteiger partial charge in [0.1, 0.15) is 11.4 Å². The maximum atomic E-state index is 12.8. The van der Waals surface area contributed by atoms with Crippen LogP contribution in [-0.2, 0) is 11.8 Å². The Morgan fingerprint density at radius 1 is 1.11 bits per heavy atom. The van der Waals surface area contributed by atoms with Crippen LogP contribution in [0.2, 0.25) is 0 Å². The molecule has 0 aliphatic heterocycles. The molecule has 0 aliphatic carbocycles. The van der Waals surface area contributed by atoms with E-state index in [9.17, 15) is 14.4 Å². The highest BCUT2D eigenvalue weighted by Crippen LogP contribution is 2.11. The van der Waals surface area contributed by atoms with Crippen molar-refractivity contribution in [2.45, 2.75) is 26.7 Å². The standard InChI is InChI=1S/C21H27N3O4/c1-4-11-24(12-5-2)20(26)16-13-18(21(27)23(3)14-16)22-19(25)15-28-17-9-7-6-8-10-17/h6-10,13-14H,4-5,11-12,15H2,1-3H3,(H,22,25). The van der Waals surface area contributed by atoms with Gasteiger partial charge in [0.2, 0.25) is 0 Å². The lowest BCUT2D eigenvalue weighted by Gasteiger charge is -2.22. The number of carbonyl (C=O) groups is 2. The Balaban J connectivity index is 2.14. The molecule has 0 aliphatic rings. The molecule has 0 saturated heterocycles. The van der Waals surface area contributed by atoms with E-state index in [-0.39, 0.29) is 23.8 Å². The first-order valence-corrected chi connectivity index (χ1v) is 9.43. The fraction of sp³-hybridized carbons (Fsp3) is 0.381. The number of nitrogens with zero attached hydrogens (tertiary/aromatic N) is 2. The predicted octanol–water partition coefficient (Wildman–Crippen LogP) is 2.67. The summed E-state index contributed by atoms with van der Waals surface area (Å²) in [6.45, 7) is 5.07. The SMILES string of the molecule is CCCN(CCC)C(=O)c1cc(NC(=O)COc2ccccc2)c(=O)n(C)c1. The normalized spacial score (nSPS) is 10.4. The summed E-state index contributed by atoms with van der Waals surface area (Å²) in [5.41, 5.74) is 0.0355. The molecule has 150 valence electrons. The summed E-state index contributed by atoms with van der Waals surface area (Å²) in [5, 5.41) is 2.55. The van der Waals surface area contributed by atoms with Crippen molar-refractivity contribution in [1.29, 1.82) is 0 Å². The first-order chi connectivity index (χ1) is 13.5. The van der Waals surface area contributed by atoms with Crippen molar-refractivity contribution in [2.75, 3.05) is 25.0 Å². The number of benzene rings is 1. The molecule has 7 heteroatoms. The molecule has 1 N–H and O–H groups in total. The summed E-state index contributed by atoms with van der Waals surface area (Å²) in [6.07, 6.45) is 3.19. The Morgan fingerprint density at radius 3 is 2.36 bits per heavy atom. The van der Waals surface area contributed by atoms with Crippen molar-refractivity contribution < 1.29 is 14.3 Å². The summed E-state index contributed by atoms with van der Waals surface area (Å²) in [6, 6.07) is 10.4. The second-order valence-corrected chi connectivity index (χ2v) is 6.50. The smallest absolute Gasteiger partial charge is 0.274 e. The largest absolute Gasteiger partial charge is 0.484 e. The minimum Gasteiger partial charge on any atom is -0.484 e. The molecule has 0 atom stereocenters. The van der Waals surface area contributed by atoms with Crippen molar-refractivity contribution in [3.63, 3.8) is 0 Å². The zero-order chi connectivity index (χ0) is 20.5. The number of hydrogen-bond acceptors (Lipinski definition) is 4. The summed E-state index contributed by atoms with van der Waals surface area (Å²) in [5.74, 6) is -0.0656. The lowest BCUT2D eigenvalue weighted by molar-refractivity contribution is -0.118.